The summed E-state index contributed by atoms with van der Waals surface area (Å²) in [6.45, 7) is 9.23. The first-order valence-electron chi connectivity index (χ1n) is 7.75. The van der Waals surface area contributed by atoms with E-state index >= 15 is 0 Å². The molecule has 0 atom stereocenters. The van der Waals surface area contributed by atoms with Gasteiger partial charge in [-0.3, -0.25) is 0 Å². The minimum atomic E-state index is -0.262. The molecule has 1 aliphatic carbocycles. The lowest BCUT2D eigenvalue weighted by Gasteiger charge is -2.42. The van der Waals surface area contributed by atoms with Crippen LogP contribution in [0.2, 0.25) is 0 Å². The Hall–Kier alpha value is -1.00. The fourth-order valence-corrected chi connectivity index (χ4v) is 3.32. The van der Waals surface area contributed by atoms with Gasteiger partial charge in [0.2, 0.25) is 0 Å². The minimum Gasteiger partial charge on any atom is -0.367 e. The van der Waals surface area contributed by atoms with Crippen LogP contribution in [0.25, 0.3) is 0 Å². The molecule has 1 aromatic heterocycles. The van der Waals surface area contributed by atoms with E-state index in [-0.39, 0.29) is 5.60 Å². The van der Waals surface area contributed by atoms with Crippen LogP contribution in [0.5, 0.6) is 0 Å². The van der Waals surface area contributed by atoms with E-state index in [0.717, 1.165) is 44.1 Å². The van der Waals surface area contributed by atoms with Crippen molar-refractivity contribution in [3.63, 3.8) is 0 Å². The summed E-state index contributed by atoms with van der Waals surface area (Å²) in [5.74, 6) is 0.900. The van der Waals surface area contributed by atoms with E-state index in [1.54, 1.807) is 0 Å². The summed E-state index contributed by atoms with van der Waals surface area (Å²) >= 11 is 0. The van der Waals surface area contributed by atoms with Crippen LogP contribution >= 0.6 is 0 Å². The van der Waals surface area contributed by atoms with Crippen molar-refractivity contribution >= 4 is 0 Å². The van der Waals surface area contributed by atoms with E-state index in [2.05, 4.69) is 31.1 Å². The van der Waals surface area contributed by atoms with Gasteiger partial charge in [0, 0.05) is 31.5 Å². The molecule has 0 saturated heterocycles. The van der Waals surface area contributed by atoms with E-state index in [9.17, 15) is 0 Å². The van der Waals surface area contributed by atoms with Crippen molar-refractivity contribution in [2.24, 2.45) is 5.41 Å². The molecular formula is C16H25N3O. The molecule has 0 unspecified atom stereocenters. The van der Waals surface area contributed by atoms with Crippen molar-refractivity contribution < 1.29 is 4.74 Å². The molecule has 0 spiro atoms. The van der Waals surface area contributed by atoms with Gasteiger partial charge in [-0.1, -0.05) is 13.8 Å². The third-order valence-corrected chi connectivity index (χ3v) is 4.80. The van der Waals surface area contributed by atoms with Gasteiger partial charge in [-0.05, 0) is 38.0 Å². The highest BCUT2D eigenvalue weighted by Crippen LogP contribution is 2.46. The summed E-state index contributed by atoms with van der Waals surface area (Å²) < 4.78 is 6.16. The Balaban J connectivity index is 1.91. The van der Waals surface area contributed by atoms with Crippen LogP contribution in [0.1, 0.15) is 63.5 Å². The Bertz CT molecular complexity index is 488. The molecule has 0 amide bonds. The summed E-state index contributed by atoms with van der Waals surface area (Å²) in [5, 5.41) is 3.33. The van der Waals surface area contributed by atoms with Gasteiger partial charge in [0.1, 0.15) is 5.60 Å². The maximum atomic E-state index is 6.16. The lowest BCUT2D eigenvalue weighted by atomic mass is 9.70. The Morgan fingerprint density at radius 3 is 2.65 bits per heavy atom. The molecule has 0 radical (unpaired) electrons. The molecule has 2 aliphatic rings. The number of fused-ring (bicyclic) bond motifs is 1. The molecule has 4 nitrogen and oxygen atoms in total. The maximum Gasteiger partial charge on any atom is 0.160 e. The second kappa shape index (κ2) is 5.08. The Morgan fingerprint density at radius 2 is 1.95 bits per heavy atom. The van der Waals surface area contributed by atoms with E-state index < -0.39 is 0 Å². The highest BCUT2D eigenvalue weighted by atomic mass is 16.5. The molecule has 1 saturated carbocycles. The van der Waals surface area contributed by atoms with Gasteiger partial charge >= 0.3 is 0 Å². The predicted molar refractivity (Wildman–Crippen MR) is 78.1 cm³/mol. The second-order valence-electron chi connectivity index (χ2n) is 6.86. The normalized spacial score (nSPS) is 23.6. The Morgan fingerprint density at radius 1 is 1.20 bits per heavy atom. The Labute approximate surface area is 121 Å². The molecule has 1 aliphatic heterocycles. The number of aromatic nitrogens is 2. The fraction of sp³-hybridized carbons (Fsp3) is 0.750. The van der Waals surface area contributed by atoms with Crippen molar-refractivity contribution in [1.29, 1.82) is 0 Å². The van der Waals surface area contributed by atoms with Gasteiger partial charge < -0.3 is 10.1 Å². The van der Waals surface area contributed by atoms with Crippen molar-refractivity contribution in [2.75, 3.05) is 6.61 Å². The SMILES string of the molecule is CCOC1(c2ncc3c(n2)CNC3)CCC(C)(C)CC1. The molecule has 3 rings (SSSR count). The van der Waals surface area contributed by atoms with Crippen LogP contribution in [0.3, 0.4) is 0 Å². The predicted octanol–water partition coefficient (Wildman–Crippen LogP) is 2.91. The zero-order chi connectivity index (χ0) is 14.2. The second-order valence-corrected chi connectivity index (χ2v) is 6.86. The molecule has 0 aromatic carbocycles. The summed E-state index contributed by atoms with van der Waals surface area (Å²) in [7, 11) is 0. The summed E-state index contributed by atoms with van der Waals surface area (Å²) in [5.41, 5.74) is 2.54. The van der Waals surface area contributed by atoms with Crippen LogP contribution in [0, 0.1) is 5.41 Å². The molecule has 1 N–H and O–H groups in total. The molecule has 2 heterocycles. The summed E-state index contributed by atoms with van der Waals surface area (Å²) in [6.07, 6.45) is 6.38. The first-order valence-corrected chi connectivity index (χ1v) is 7.75. The van der Waals surface area contributed by atoms with Crippen LogP contribution in [-0.4, -0.2) is 16.6 Å². The first-order chi connectivity index (χ1) is 9.55. The monoisotopic (exact) mass is 275 g/mol. The molecule has 1 fully saturated rings. The topological polar surface area (TPSA) is 47.0 Å². The van der Waals surface area contributed by atoms with Crippen molar-refractivity contribution in [2.45, 2.75) is 65.1 Å². The highest BCUT2D eigenvalue weighted by molar-refractivity contribution is 5.23. The summed E-state index contributed by atoms with van der Waals surface area (Å²) in [4.78, 5) is 9.45. The van der Waals surface area contributed by atoms with Crippen molar-refractivity contribution in [3.05, 3.63) is 23.3 Å². The quantitative estimate of drug-likeness (QED) is 0.921. The first kappa shape index (κ1) is 14.0. The van der Waals surface area contributed by atoms with E-state index in [0.29, 0.717) is 5.41 Å². The third kappa shape index (κ3) is 2.47. The highest BCUT2D eigenvalue weighted by Gasteiger charge is 2.42. The van der Waals surface area contributed by atoms with Gasteiger partial charge in [-0.15, -0.1) is 0 Å². The van der Waals surface area contributed by atoms with Gasteiger partial charge in [0.25, 0.3) is 0 Å². The fourth-order valence-electron chi connectivity index (χ4n) is 3.32. The van der Waals surface area contributed by atoms with Crippen LogP contribution in [0.4, 0.5) is 0 Å². The lowest BCUT2D eigenvalue weighted by molar-refractivity contribution is -0.0949. The molecule has 110 valence electrons. The van der Waals surface area contributed by atoms with E-state index in [1.165, 1.54) is 18.4 Å². The molecule has 1 aromatic rings. The molecular weight excluding hydrogens is 250 g/mol. The maximum absolute atomic E-state index is 6.16. The van der Waals surface area contributed by atoms with Crippen molar-refractivity contribution in [1.82, 2.24) is 15.3 Å². The lowest BCUT2D eigenvalue weighted by Crippen LogP contribution is -2.39. The average Bonchev–Trinajstić information content (AvgIpc) is 2.89. The van der Waals surface area contributed by atoms with E-state index in [1.807, 2.05) is 6.20 Å². The van der Waals surface area contributed by atoms with Crippen LogP contribution in [-0.2, 0) is 23.4 Å². The molecule has 20 heavy (non-hydrogen) atoms. The number of rotatable bonds is 3. The third-order valence-electron chi connectivity index (χ3n) is 4.80. The summed E-state index contributed by atoms with van der Waals surface area (Å²) in [6, 6.07) is 0. The Kier molecular flexibility index (Phi) is 3.55. The smallest absolute Gasteiger partial charge is 0.160 e. The van der Waals surface area contributed by atoms with Crippen LogP contribution < -0.4 is 5.32 Å². The van der Waals surface area contributed by atoms with Crippen LogP contribution in [0.15, 0.2) is 6.20 Å². The van der Waals surface area contributed by atoms with Gasteiger partial charge in [-0.2, -0.15) is 0 Å². The van der Waals surface area contributed by atoms with Gasteiger partial charge in [0.05, 0.1) is 5.69 Å². The largest absolute Gasteiger partial charge is 0.367 e. The number of hydrogen-bond donors (Lipinski definition) is 1. The number of ether oxygens (including phenoxy) is 1. The molecule has 0 bridgehead atoms. The van der Waals surface area contributed by atoms with Gasteiger partial charge in [0.15, 0.2) is 5.82 Å². The zero-order valence-electron chi connectivity index (χ0n) is 12.8. The van der Waals surface area contributed by atoms with Gasteiger partial charge in [-0.25, -0.2) is 9.97 Å². The van der Waals surface area contributed by atoms with Crippen molar-refractivity contribution in [3.8, 4) is 0 Å². The minimum absolute atomic E-state index is 0.262. The standard InChI is InChI=1S/C16H25N3O/c1-4-20-16(7-5-15(2,3)6-8-16)14-18-10-12-9-17-11-13(12)19-14/h10,17H,4-9,11H2,1-3H3. The number of hydrogen-bond acceptors (Lipinski definition) is 4. The zero-order valence-corrected chi connectivity index (χ0v) is 12.8. The van der Waals surface area contributed by atoms with E-state index in [4.69, 9.17) is 9.72 Å². The number of nitrogens with one attached hydrogen (secondary N) is 1. The molecule has 4 heteroatoms. The number of nitrogens with zero attached hydrogens (tertiary/aromatic N) is 2. The average molecular weight is 275 g/mol.